The van der Waals surface area contributed by atoms with E-state index in [0.717, 1.165) is 0 Å². The standard InChI is InChI=1S/2C11H20O3.2H2S/c2*1-7(2)9(12)6-11(5,14)10(13)8(3)4;;/h2*7-8,14H,6H2,1-5H3;2*1H2/t2*11-;;/m00../s1. The maximum Gasteiger partial charge on any atom is 0.167 e. The van der Waals surface area contributed by atoms with Crippen molar-refractivity contribution in [3.8, 4) is 0 Å². The second-order valence-electron chi connectivity index (χ2n) is 9.18. The number of hydrogen-bond donors (Lipinski definition) is 2. The molecule has 6 nitrogen and oxygen atoms in total. The molecule has 0 fully saturated rings. The molecule has 30 heavy (non-hydrogen) atoms. The molecule has 8 heteroatoms. The minimum absolute atomic E-state index is 0. The molecule has 0 spiro atoms. The molecule has 0 aromatic heterocycles. The highest BCUT2D eigenvalue weighted by molar-refractivity contribution is 7.59. The van der Waals surface area contributed by atoms with Gasteiger partial charge in [-0.25, -0.2) is 0 Å². The van der Waals surface area contributed by atoms with Crippen LogP contribution in [0.3, 0.4) is 0 Å². The summed E-state index contributed by atoms with van der Waals surface area (Å²) < 4.78 is 0. The predicted molar refractivity (Wildman–Crippen MR) is 131 cm³/mol. The maximum atomic E-state index is 11.5. The van der Waals surface area contributed by atoms with E-state index in [0.29, 0.717) is 0 Å². The van der Waals surface area contributed by atoms with Crippen LogP contribution in [0.15, 0.2) is 0 Å². The van der Waals surface area contributed by atoms with Gasteiger partial charge in [0.1, 0.15) is 22.8 Å². The summed E-state index contributed by atoms with van der Waals surface area (Å²) in [7, 11) is 0. The fourth-order valence-corrected chi connectivity index (χ4v) is 2.50. The van der Waals surface area contributed by atoms with Crippen LogP contribution in [0, 0.1) is 23.7 Å². The van der Waals surface area contributed by atoms with E-state index in [1.807, 2.05) is 0 Å². The second kappa shape index (κ2) is 15.2. The molecular weight excluding hydrogens is 424 g/mol. The molecule has 0 rings (SSSR count). The van der Waals surface area contributed by atoms with E-state index >= 15 is 0 Å². The van der Waals surface area contributed by atoms with Crippen molar-refractivity contribution in [3.63, 3.8) is 0 Å². The average Bonchev–Trinajstić information content (AvgIpc) is 2.52. The van der Waals surface area contributed by atoms with Crippen LogP contribution in [0.25, 0.3) is 0 Å². The van der Waals surface area contributed by atoms with Gasteiger partial charge in [0.05, 0.1) is 0 Å². The van der Waals surface area contributed by atoms with Gasteiger partial charge in [-0.05, 0) is 13.8 Å². The zero-order chi connectivity index (χ0) is 23.0. The topological polar surface area (TPSA) is 109 Å². The molecule has 0 aromatic rings. The van der Waals surface area contributed by atoms with Gasteiger partial charge in [-0.3, -0.25) is 19.2 Å². The summed E-state index contributed by atoms with van der Waals surface area (Å²) in [6.07, 6.45) is -0.163. The summed E-state index contributed by atoms with van der Waals surface area (Å²) in [5.74, 6) is -1.47. The van der Waals surface area contributed by atoms with Gasteiger partial charge in [-0.2, -0.15) is 27.0 Å². The van der Waals surface area contributed by atoms with Gasteiger partial charge in [-0.15, -0.1) is 0 Å². The van der Waals surface area contributed by atoms with Crippen molar-refractivity contribution in [1.82, 2.24) is 0 Å². The van der Waals surface area contributed by atoms with Crippen LogP contribution < -0.4 is 0 Å². The maximum absolute atomic E-state index is 11.5. The zero-order valence-electron chi connectivity index (χ0n) is 20.3. The quantitative estimate of drug-likeness (QED) is 0.509. The number of carbonyl (C=O) groups excluding carboxylic acids is 4. The molecule has 0 saturated heterocycles. The molecule has 0 bridgehead atoms. The van der Waals surface area contributed by atoms with Crippen molar-refractivity contribution in [2.75, 3.05) is 0 Å². The highest BCUT2D eigenvalue weighted by atomic mass is 32.1. The Hall–Kier alpha value is -0.700. The first-order valence-electron chi connectivity index (χ1n) is 9.95. The summed E-state index contributed by atoms with van der Waals surface area (Å²) in [6, 6.07) is 0. The van der Waals surface area contributed by atoms with E-state index in [1.54, 1.807) is 55.4 Å². The van der Waals surface area contributed by atoms with Crippen LogP contribution in [0.1, 0.15) is 82.1 Å². The van der Waals surface area contributed by atoms with Crippen LogP contribution in [-0.4, -0.2) is 44.5 Å². The van der Waals surface area contributed by atoms with Gasteiger partial charge in [-0.1, -0.05) is 55.4 Å². The lowest BCUT2D eigenvalue weighted by atomic mass is 9.86. The van der Waals surface area contributed by atoms with E-state index in [9.17, 15) is 29.4 Å². The molecule has 0 aliphatic heterocycles. The smallest absolute Gasteiger partial charge is 0.167 e. The van der Waals surface area contributed by atoms with Crippen LogP contribution in [-0.2, 0) is 19.2 Å². The minimum atomic E-state index is -1.50. The number of carbonyl (C=O) groups is 4. The summed E-state index contributed by atoms with van der Waals surface area (Å²) in [6.45, 7) is 16.7. The number of ketones is 4. The minimum Gasteiger partial charge on any atom is -0.382 e. The fourth-order valence-electron chi connectivity index (χ4n) is 2.50. The molecule has 180 valence electrons. The van der Waals surface area contributed by atoms with Gasteiger partial charge >= 0.3 is 0 Å². The first-order chi connectivity index (χ1) is 12.4. The molecule has 0 amide bonds. The third kappa shape index (κ3) is 13.6. The van der Waals surface area contributed by atoms with Crippen molar-refractivity contribution in [1.29, 1.82) is 0 Å². The summed E-state index contributed by atoms with van der Waals surface area (Å²) >= 11 is 0. The van der Waals surface area contributed by atoms with E-state index in [1.165, 1.54) is 13.8 Å². The molecule has 2 atom stereocenters. The summed E-state index contributed by atoms with van der Waals surface area (Å²) in [5.41, 5.74) is -3.01. The molecule has 0 radical (unpaired) electrons. The van der Waals surface area contributed by atoms with Gasteiger partial charge in [0.15, 0.2) is 11.6 Å². The van der Waals surface area contributed by atoms with E-state index in [2.05, 4.69) is 0 Å². The summed E-state index contributed by atoms with van der Waals surface area (Å²) in [4.78, 5) is 45.8. The SMILES string of the molecule is CC(C)C(=O)C[C@](C)(O)C(=O)C(C)C.CC(C)C(=O)C[C@](C)(O)C(=O)C(C)C.S.S. The molecule has 2 N–H and O–H groups in total. The van der Waals surface area contributed by atoms with E-state index < -0.39 is 11.2 Å². The molecule has 0 heterocycles. The third-order valence-corrected chi connectivity index (χ3v) is 4.44. The lowest BCUT2D eigenvalue weighted by molar-refractivity contribution is -0.144. The monoisotopic (exact) mass is 468 g/mol. The van der Waals surface area contributed by atoms with Gasteiger partial charge in [0.2, 0.25) is 0 Å². The zero-order valence-corrected chi connectivity index (χ0v) is 22.3. The van der Waals surface area contributed by atoms with Crippen molar-refractivity contribution < 1.29 is 29.4 Å². The van der Waals surface area contributed by atoms with Gasteiger partial charge in [0.25, 0.3) is 0 Å². The Morgan fingerprint density at radius 2 is 0.767 bits per heavy atom. The Morgan fingerprint density at radius 3 is 0.900 bits per heavy atom. The average molecular weight is 469 g/mol. The van der Waals surface area contributed by atoms with E-state index in [4.69, 9.17) is 0 Å². The van der Waals surface area contributed by atoms with Gasteiger partial charge < -0.3 is 10.2 Å². The van der Waals surface area contributed by atoms with Crippen molar-refractivity contribution in [2.45, 2.75) is 93.3 Å². The van der Waals surface area contributed by atoms with Crippen molar-refractivity contribution in [2.24, 2.45) is 23.7 Å². The molecule has 0 aromatic carbocycles. The lowest BCUT2D eigenvalue weighted by Crippen LogP contribution is -2.41. The highest BCUT2D eigenvalue weighted by Crippen LogP contribution is 2.19. The number of Topliss-reactive ketones (excluding diaryl/α,β-unsaturated/α-hetero) is 4. The van der Waals surface area contributed by atoms with E-state index in [-0.39, 0.29) is 86.6 Å². The first kappa shape index (κ1) is 36.7. The normalized spacial score (nSPS) is 14.7. The largest absolute Gasteiger partial charge is 0.382 e. The van der Waals surface area contributed by atoms with Crippen molar-refractivity contribution in [3.05, 3.63) is 0 Å². The fraction of sp³-hybridized carbons (Fsp3) is 0.818. The van der Waals surface area contributed by atoms with Gasteiger partial charge in [0, 0.05) is 36.5 Å². The molecular formula is C22H44O6S2. The Morgan fingerprint density at radius 1 is 0.567 bits per heavy atom. The Labute approximate surface area is 196 Å². The predicted octanol–water partition coefficient (Wildman–Crippen LogP) is 3.38. The Kier molecular flexibility index (Phi) is 18.5. The Bertz CT molecular complexity index is 514. The third-order valence-electron chi connectivity index (χ3n) is 4.44. The Balaban J connectivity index is -0.000000211. The van der Waals surface area contributed by atoms with Crippen LogP contribution >= 0.6 is 27.0 Å². The molecule has 0 aliphatic carbocycles. The summed E-state index contributed by atoms with van der Waals surface area (Å²) in [5, 5.41) is 19.6. The number of rotatable bonds is 10. The van der Waals surface area contributed by atoms with Crippen LogP contribution in [0.4, 0.5) is 0 Å². The van der Waals surface area contributed by atoms with Crippen LogP contribution in [0.2, 0.25) is 0 Å². The van der Waals surface area contributed by atoms with Crippen molar-refractivity contribution >= 4 is 50.1 Å². The first-order valence-corrected chi connectivity index (χ1v) is 9.95. The molecule has 0 saturated carbocycles. The number of aliphatic hydroxyl groups is 2. The second-order valence-corrected chi connectivity index (χ2v) is 9.18. The van der Waals surface area contributed by atoms with Crippen LogP contribution in [0.5, 0.6) is 0 Å². The highest BCUT2D eigenvalue weighted by Gasteiger charge is 2.35. The number of hydrogen-bond acceptors (Lipinski definition) is 6. The molecule has 0 unspecified atom stereocenters. The lowest BCUT2D eigenvalue weighted by Gasteiger charge is -2.23. The molecule has 0 aliphatic rings.